The summed E-state index contributed by atoms with van der Waals surface area (Å²) in [6.45, 7) is 2.53. The summed E-state index contributed by atoms with van der Waals surface area (Å²) in [5.74, 6) is 0.0173. The molecule has 6 heteroatoms. The number of aryl methyl sites for hydroxylation is 2. The van der Waals surface area contributed by atoms with Crippen LogP contribution in [0.4, 0.5) is 0 Å². The van der Waals surface area contributed by atoms with Gasteiger partial charge in [0.15, 0.2) is 9.84 Å². The molecule has 22 heavy (non-hydrogen) atoms. The first kappa shape index (κ1) is 17.0. The Kier molecular flexibility index (Phi) is 5.97. The summed E-state index contributed by atoms with van der Waals surface area (Å²) in [6.07, 6.45) is 1.66. The van der Waals surface area contributed by atoms with Crippen molar-refractivity contribution >= 4 is 15.7 Å². The van der Waals surface area contributed by atoms with E-state index in [1.54, 1.807) is 0 Å². The van der Waals surface area contributed by atoms with E-state index in [0.717, 1.165) is 12.8 Å². The zero-order chi connectivity index (χ0) is 16.0. The fourth-order valence-electron chi connectivity index (χ4n) is 2.40. The highest BCUT2D eigenvalue weighted by atomic mass is 32.2. The maximum atomic E-state index is 11.8. The van der Waals surface area contributed by atoms with Crippen LogP contribution in [0.15, 0.2) is 24.3 Å². The third-order valence-corrected chi connectivity index (χ3v) is 5.37. The van der Waals surface area contributed by atoms with E-state index >= 15 is 0 Å². The summed E-state index contributed by atoms with van der Waals surface area (Å²) >= 11 is 0. The van der Waals surface area contributed by atoms with Gasteiger partial charge in [0, 0.05) is 13.0 Å². The molecule has 1 aromatic rings. The number of ether oxygens (including phenoxy) is 1. The molecule has 1 aliphatic heterocycles. The first-order valence-corrected chi connectivity index (χ1v) is 9.41. The number of hydrogen-bond donors (Lipinski definition) is 1. The summed E-state index contributed by atoms with van der Waals surface area (Å²) in [4.78, 5) is 11.8. The summed E-state index contributed by atoms with van der Waals surface area (Å²) in [6, 6.07) is 8.29. The van der Waals surface area contributed by atoms with Gasteiger partial charge in [-0.05, 0) is 25.3 Å². The molecule has 1 unspecified atom stereocenters. The summed E-state index contributed by atoms with van der Waals surface area (Å²) in [5.41, 5.74) is 2.45. The minimum atomic E-state index is -3.01. The lowest BCUT2D eigenvalue weighted by Gasteiger charge is -2.22. The molecule has 1 saturated heterocycles. The van der Waals surface area contributed by atoms with Crippen LogP contribution < -0.4 is 5.32 Å². The van der Waals surface area contributed by atoms with Crippen molar-refractivity contribution in [2.45, 2.75) is 32.3 Å². The number of carbonyl (C=O) groups excluding carboxylic acids is 1. The van der Waals surface area contributed by atoms with Crippen LogP contribution in [-0.4, -0.2) is 45.1 Å². The molecule has 1 heterocycles. The smallest absolute Gasteiger partial charge is 0.220 e. The van der Waals surface area contributed by atoms with Gasteiger partial charge in [-0.3, -0.25) is 4.79 Å². The Hall–Kier alpha value is -1.40. The molecule has 0 spiro atoms. The molecule has 1 fully saturated rings. The van der Waals surface area contributed by atoms with Gasteiger partial charge in [-0.1, -0.05) is 29.8 Å². The van der Waals surface area contributed by atoms with Gasteiger partial charge in [-0.25, -0.2) is 8.42 Å². The molecule has 1 amide bonds. The molecule has 0 saturated carbocycles. The van der Waals surface area contributed by atoms with Crippen LogP contribution in [0.2, 0.25) is 0 Å². The van der Waals surface area contributed by atoms with Crippen molar-refractivity contribution in [2.24, 2.45) is 0 Å². The monoisotopic (exact) mass is 325 g/mol. The quantitative estimate of drug-likeness (QED) is 0.854. The van der Waals surface area contributed by atoms with Crippen molar-refractivity contribution < 1.29 is 17.9 Å². The van der Waals surface area contributed by atoms with Crippen LogP contribution in [0.5, 0.6) is 0 Å². The lowest BCUT2D eigenvalue weighted by molar-refractivity contribution is -0.121. The van der Waals surface area contributed by atoms with E-state index in [1.807, 2.05) is 6.92 Å². The molecule has 0 radical (unpaired) electrons. The Morgan fingerprint density at radius 3 is 2.73 bits per heavy atom. The maximum Gasteiger partial charge on any atom is 0.220 e. The molecule has 0 bridgehead atoms. The molecule has 1 atom stereocenters. The van der Waals surface area contributed by atoms with Crippen molar-refractivity contribution in [3.05, 3.63) is 35.4 Å². The highest BCUT2D eigenvalue weighted by Gasteiger charge is 2.25. The summed E-state index contributed by atoms with van der Waals surface area (Å²) in [5, 5.41) is 2.76. The van der Waals surface area contributed by atoms with Crippen molar-refractivity contribution in [3.63, 3.8) is 0 Å². The molecule has 1 aromatic carbocycles. The molecular weight excluding hydrogens is 302 g/mol. The second-order valence-corrected chi connectivity index (χ2v) is 7.98. The van der Waals surface area contributed by atoms with Crippen molar-refractivity contribution in [1.29, 1.82) is 0 Å². The number of nitrogens with one attached hydrogen (secondary N) is 1. The third kappa shape index (κ3) is 5.77. The van der Waals surface area contributed by atoms with Crippen LogP contribution in [0.25, 0.3) is 0 Å². The van der Waals surface area contributed by atoms with Crippen LogP contribution in [0, 0.1) is 6.92 Å². The number of carbonyl (C=O) groups is 1. The normalized spacial score (nSPS) is 20.5. The Bertz CT molecular complexity index is 595. The Morgan fingerprint density at radius 1 is 1.32 bits per heavy atom. The van der Waals surface area contributed by atoms with Gasteiger partial charge in [0.2, 0.25) is 5.91 Å². The predicted molar refractivity (Wildman–Crippen MR) is 85.5 cm³/mol. The van der Waals surface area contributed by atoms with Crippen LogP contribution in [0.3, 0.4) is 0 Å². The average Bonchev–Trinajstić information content (AvgIpc) is 2.46. The zero-order valence-corrected chi connectivity index (χ0v) is 13.7. The Labute approximate surface area is 132 Å². The second kappa shape index (κ2) is 7.74. The zero-order valence-electron chi connectivity index (χ0n) is 12.9. The van der Waals surface area contributed by atoms with Gasteiger partial charge >= 0.3 is 0 Å². The second-order valence-electron chi connectivity index (χ2n) is 5.75. The van der Waals surface area contributed by atoms with E-state index < -0.39 is 15.9 Å². The van der Waals surface area contributed by atoms with Crippen LogP contribution in [0.1, 0.15) is 24.0 Å². The first-order chi connectivity index (χ1) is 10.4. The number of hydrogen-bond acceptors (Lipinski definition) is 4. The van der Waals surface area contributed by atoms with Gasteiger partial charge in [0.05, 0.1) is 24.2 Å². The summed E-state index contributed by atoms with van der Waals surface area (Å²) in [7, 11) is -3.01. The van der Waals surface area contributed by atoms with Crippen molar-refractivity contribution in [2.75, 3.05) is 24.7 Å². The predicted octanol–water partition coefficient (Wildman–Crippen LogP) is 1.25. The van der Waals surface area contributed by atoms with Gasteiger partial charge in [0.25, 0.3) is 0 Å². The molecule has 0 aromatic heterocycles. The topological polar surface area (TPSA) is 72.5 Å². The summed E-state index contributed by atoms with van der Waals surface area (Å²) < 4.78 is 28.3. The van der Waals surface area contributed by atoms with E-state index in [9.17, 15) is 13.2 Å². The molecule has 1 N–H and O–H groups in total. The molecule has 1 aliphatic rings. The number of rotatable bonds is 6. The lowest BCUT2D eigenvalue weighted by atomic mass is 10.1. The minimum Gasteiger partial charge on any atom is -0.374 e. The van der Waals surface area contributed by atoms with Crippen molar-refractivity contribution in [1.82, 2.24) is 5.32 Å². The fourth-order valence-corrected chi connectivity index (χ4v) is 3.70. The van der Waals surface area contributed by atoms with E-state index in [1.165, 1.54) is 11.1 Å². The fraction of sp³-hybridized carbons (Fsp3) is 0.562. The molecule has 122 valence electrons. The van der Waals surface area contributed by atoms with E-state index in [2.05, 4.69) is 29.6 Å². The van der Waals surface area contributed by atoms with E-state index in [-0.39, 0.29) is 30.6 Å². The van der Waals surface area contributed by atoms with Gasteiger partial charge in [-0.15, -0.1) is 0 Å². The highest BCUT2D eigenvalue weighted by molar-refractivity contribution is 7.91. The minimum absolute atomic E-state index is 0.00333. The van der Waals surface area contributed by atoms with E-state index in [0.29, 0.717) is 6.42 Å². The van der Waals surface area contributed by atoms with E-state index in [4.69, 9.17) is 4.74 Å². The first-order valence-electron chi connectivity index (χ1n) is 7.59. The third-order valence-electron chi connectivity index (χ3n) is 3.70. The number of benzene rings is 1. The van der Waals surface area contributed by atoms with Crippen LogP contribution in [-0.2, 0) is 25.8 Å². The molecule has 2 rings (SSSR count). The largest absolute Gasteiger partial charge is 0.374 e. The van der Waals surface area contributed by atoms with Gasteiger partial charge in [-0.2, -0.15) is 0 Å². The van der Waals surface area contributed by atoms with Crippen molar-refractivity contribution in [3.8, 4) is 0 Å². The Morgan fingerprint density at radius 2 is 2.05 bits per heavy atom. The maximum absolute atomic E-state index is 11.8. The Balaban J connectivity index is 1.64. The van der Waals surface area contributed by atoms with Crippen LogP contribution >= 0.6 is 0 Å². The molecule has 5 nitrogen and oxygen atoms in total. The highest BCUT2D eigenvalue weighted by Crippen LogP contribution is 2.08. The standard InChI is InChI=1S/C16H23NO4S/c1-13-5-7-14(8-6-13)3-2-4-16(18)17-11-15-12-22(19,20)10-9-21-15/h5-8,15H,2-4,9-12H2,1H3,(H,17,18). The lowest BCUT2D eigenvalue weighted by Crippen LogP contribution is -2.42. The van der Waals surface area contributed by atoms with Gasteiger partial charge in [0.1, 0.15) is 0 Å². The number of amides is 1. The van der Waals surface area contributed by atoms with Gasteiger partial charge < -0.3 is 10.1 Å². The number of sulfone groups is 1. The molecule has 0 aliphatic carbocycles. The average molecular weight is 325 g/mol. The molecular formula is C16H23NO4S. The SMILES string of the molecule is Cc1ccc(CCCC(=O)NCC2CS(=O)(=O)CCO2)cc1.